The minimum atomic E-state index is -0.663. The number of benzene rings is 2. The summed E-state index contributed by atoms with van der Waals surface area (Å²) >= 11 is 1.31. The van der Waals surface area contributed by atoms with Gasteiger partial charge in [0.1, 0.15) is 5.75 Å². The summed E-state index contributed by atoms with van der Waals surface area (Å²) < 4.78 is 12.9. The van der Waals surface area contributed by atoms with E-state index < -0.39 is 12.0 Å². The van der Waals surface area contributed by atoms with Crippen molar-refractivity contribution in [3.63, 3.8) is 0 Å². The normalized spacial score (nSPS) is 15.6. The van der Waals surface area contributed by atoms with Crippen LogP contribution in [0, 0.1) is 0 Å². The Morgan fingerprint density at radius 1 is 1.21 bits per heavy atom. The van der Waals surface area contributed by atoms with Crippen LogP contribution in [0.5, 0.6) is 5.75 Å². The first-order valence-electron chi connectivity index (χ1n) is 10.9. The highest BCUT2D eigenvalue weighted by Gasteiger charge is 2.33. The zero-order valence-corrected chi connectivity index (χ0v) is 20.7. The monoisotopic (exact) mass is 477 g/mol. The van der Waals surface area contributed by atoms with Crippen LogP contribution >= 0.6 is 11.3 Å². The molecule has 8 heteroatoms. The second-order valence-corrected chi connectivity index (χ2v) is 9.07. The molecule has 1 aromatic heterocycles. The van der Waals surface area contributed by atoms with Gasteiger partial charge in [-0.1, -0.05) is 35.6 Å². The SMILES string of the molecule is CCOC(=O)C1=C(C)N=c2s/c(=C\c3ccc(N(C)C)cc3)c(=O)n2C1c1cccc(OC)c1. The fourth-order valence-electron chi connectivity index (χ4n) is 3.94. The molecule has 0 saturated heterocycles. The molecule has 1 aliphatic heterocycles. The predicted molar refractivity (Wildman–Crippen MR) is 134 cm³/mol. The van der Waals surface area contributed by atoms with E-state index in [9.17, 15) is 9.59 Å². The number of thiazole rings is 1. The number of esters is 1. The summed E-state index contributed by atoms with van der Waals surface area (Å²) in [5, 5.41) is 0. The first kappa shape index (κ1) is 23.5. The van der Waals surface area contributed by atoms with Gasteiger partial charge < -0.3 is 14.4 Å². The second-order valence-electron chi connectivity index (χ2n) is 8.06. The topological polar surface area (TPSA) is 73.1 Å². The number of anilines is 1. The standard InChI is InChI=1S/C26H27N3O4S/c1-6-33-25(31)22-16(2)27-26-29(23(22)18-8-7-9-20(15-18)32-5)24(30)21(34-26)14-17-10-12-19(13-11-17)28(3)4/h7-15,23H,6H2,1-5H3/b21-14-. The van der Waals surface area contributed by atoms with Crippen molar-refractivity contribution in [1.82, 2.24) is 4.57 Å². The molecule has 176 valence electrons. The van der Waals surface area contributed by atoms with Gasteiger partial charge in [-0.3, -0.25) is 9.36 Å². The molecule has 4 rings (SSSR count). The number of fused-ring (bicyclic) bond motifs is 1. The van der Waals surface area contributed by atoms with Gasteiger partial charge in [0.15, 0.2) is 4.80 Å². The van der Waals surface area contributed by atoms with E-state index in [1.807, 2.05) is 73.6 Å². The fourth-order valence-corrected chi connectivity index (χ4v) is 4.99. The molecule has 0 saturated carbocycles. The molecule has 0 fully saturated rings. The highest BCUT2D eigenvalue weighted by molar-refractivity contribution is 7.07. The van der Waals surface area contributed by atoms with E-state index in [2.05, 4.69) is 4.99 Å². The molecule has 0 bridgehead atoms. The lowest BCUT2D eigenvalue weighted by Crippen LogP contribution is -2.39. The third kappa shape index (κ3) is 4.41. The van der Waals surface area contributed by atoms with E-state index in [0.717, 1.165) is 16.8 Å². The van der Waals surface area contributed by atoms with Crippen molar-refractivity contribution in [3.05, 3.63) is 90.6 Å². The Morgan fingerprint density at radius 2 is 1.94 bits per heavy atom. The van der Waals surface area contributed by atoms with Gasteiger partial charge in [0.25, 0.3) is 5.56 Å². The van der Waals surface area contributed by atoms with Crippen LogP contribution in [0.2, 0.25) is 0 Å². The molecule has 3 aromatic rings. The molecule has 0 spiro atoms. The zero-order chi connectivity index (χ0) is 24.4. The summed E-state index contributed by atoms with van der Waals surface area (Å²) in [6.07, 6.45) is 1.86. The molecule has 0 aliphatic carbocycles. The number of carbonyl (C=O) groups is 1. The first-order chi connectivity index (χ1) is 16.3. The van der Waals surface area contributed by atoms with Crippen molar-refractivity contribution in [2.75, 3.05) is 32.7 Å². The van der Waals surface area contributed by atoms with Crippen molar-refractivity contribution < 1.29 is 14.3 Å². The first-order valence-corrected chi connectivity index (χ1v) is 11.8. The zero-order valence-electron chi connectivity index (χ0n) is 19.9. The molecule has 2 heterocycles. The lowest BCUT2D eigenvalue weighted by Gasteiger charge is -2.25. The van der Waals surface area contributed by atoms with E-state index >= 15 is 0 Å². The quantitative estimate of drug-likeness (QED) is 0.511. The Bertz CT molecular complexity index is 1430. The number of nitrogens with zero attached hydrogens (tertiary/aromatic N) is 3. The number of hydrogen-bond acceptors (Lipinski definition) is 7. The second kappa shape index (κ2) is 9.69. The smallest absolute Gasteiger partial charge is 0.338 e. The van der Waals surface area contributed by atoms with E-state index in [1.165, 1.54) is 11.3 Å². The number of aromatic nitrogens is 1. The molecule has 1 atom stereocenters. The Balaban J connectivity index is 1.91. The van der Waals surface area contributed by atoms with Gasteiger partial charge in [0, 0.05) is 19.8 Å². The summed E-state index contributed by atoms with van der Waals surface area (Å²) in [5.41, 5.74) is 3.42. The Hall–Kier alpha value is -3.65. The van der Waals surface area contributed by atoms with Gasteiger partial charge in [-0.2, -0.15) is 0 Å². The highest BCUT2D eigenvalue weighted by Crippen LogP contribution is 2.32. The molecule has 1 aliphatic rings. The Morgan fingerprint density at radius 3 is 2.59 bits per heavy atom. The van der Waals surface area contributed by atoms with Crippen LogP contribution in [0.25, 0.3) is 6.08 Å². The summed E-state index contributed by atoms with van der Waals surface area (Å²) in [7, 11) is 5.55. The Labute approximate surface area is 201 Å². The van der Waals surface area contributed by atoms with Crippen molar-refractivity contribution in [1.29, 1.82) is 0 Å². The molecule has 2 aromatic carbocycles. The number of hydrogen-bond donors (Lipinski definition) is 0. The molecule has 0 amide bonds. The lowest BCUT2D eigenvalue weighted by molar-refractivity contribution is -0.139. The van der Waals surface area contributed by atoms with Crippen LogP contribution in [0.3, 0.4) is 0 Å². The van der Waals surface area contributed by atoms with Crippen LogP contribution in [0.1, 0.15) is 31.0 Å². The maximum Gasteiger partial charge on any atom is 0.338 e. The molecular formula is C26H27N3O4S. The summed E-state index contributed by atoms with van der Waals surface area (Å²) in [6.45, 7) is 3.76. The number of carbonyl (C=O) groups excluding carboxylic acids is 1. The lowest BCUT2D eigenvalue weighted by atomic mass is 9.95. The van der Waals surface area contributed by atoms with Crippen molar-refractivity contribution in [2.45, 2.75) is 19.9 Å². The van der Waals surface area contributed by atoms with Crippen LogP contribution in [-0.2, 0) is 9.53 Å². The number of methoxy groups -OCH3 is 1. The van der Waals surface area contributed by atoms with Gasteiger partial charge in [0.2, 0.25) is 0 Å². The average Bonchev–Trinajstić information content (AvgIpc) is 3.13. The van der Waals surface area contributed by atoms with E-state index in [0.29, 0.717) is 26.4 Å². The maximum absolute atomic E-state index is 13.6. The molecule has 0 radical (unpaired) electrons. The van der Waals surface area contributed by atoms with Gasteiger partial charge >= 0.3 is 5.97 Å². The van der Waals surface area contributed by atoms with Gasteiger partial charge in [-0.05, 0) is 55.3 Å². The minimum Gasteiger partial charge on any atom is -0.497 e. The van der Waals surface area contributed by atoms with Crippen molar-refractivity contribution in [2.24, 2.45) is 4.99 Å². The van der Waals surface area contributed by atoms with E-state index in [4.69, 9.17) is 9.47 Å². The number of allylic oxidation sites excluding steroid dienone is 1. The van der Waals surface area contributed by atoms with E-state index in [-0.39, 0.29) is 12.2 Å². The van der Waals surface area contributed by atoms with Crippen molar-refractivity contribution >= 4 is 29.1 Å². The number of ether oxygens (including phenoxy) is 2. The van der Waals surface area contributed by atoms with Crippen LogP contribution in [0.4, 0.5) is 5.69 Å². The van der Waals surface area contributed by atoms with Crippen LogP contribution < -0.4 is 24.5 Å². The van der Waals surface area contributed by atoms with Crippen molar-refractivity contribution in [3.8, 4) is 5.75 Å². The van der Waals surface area contributed by atoms with Crippen LogP contribution in [0.15, 0.2) is 69.6 Å². The minimum absolute atomic E-state index is 0.206. The third-order valence-electron chi connectivity index (χ3n) is 5.63. The Kier molecular flexibility index (Phi) is 6.70. The number of rotatable bonds is 6. The fraction of sp³-hybridized carbons (Fsp3) is 0.269. The highest BCUT2D eigenvalue weighted by atomic mass is 32.1. The van der Waals surface area contributed by atoms with Crippen LogP contribution in [-0.4, -0.2) is 38.3 Å². The summed E-state index contributed by atoms with van der Waals surface area (Å²) in [5.74, 6) is 0.156. The maximum atomic E-state index is 13.6. The van der Waals surface area contributed by atoms with Gasteiger partial charge in [0.05, 0.1) is 35.6 Å². The molecular weight excluding hydrogens is 450 g/mol. The van der Waals surface area contributed by atoms with E-state index in [1.54, 1.807) is 25.5 Å². The predicted octanol–water partition coefficient (Wildman–Crippen LogP) is 2.87. The van der Waals surface area contributed by atoms with Gasteiger partial charge in [-0.15, -0.1) is 0 Å². The third-order valence-corrected chi connectivity index (χ3v) is 6.62. The average molecular weight is 478 g/mol. The summed E-state index contributed by atoms with van der Waals surface area (Å²) in [4.78, 5) is 33.8. The molecule has 34 heavy (non-hydrogen) atoms. The largest absolute Gasteiger partial charge is 0.497 e. The molecule has 7 nitrogen and oxygen atoms in total. The molecule has 0 N–H and O–H groups in total. The van der Waals surface area contributed by atoms with Gasteiger partial charge in [-0.25, -0.2) is 9.79 Å². The molecule has 1 unspecified atom stereocenters. The summed E-state index contributed by atoms with van der Waals surface area (Å²) in [6, 6.07) is 14.7.